The van der Waals surface area contributed by atoms with Gasteiger partial charge in [-0.1, -0.05) is 12.1 Å². The zero-order chi connectivity index (χ0) is 16.2. The molecule has 2 heterocycles. The number of anilines is 1. The normalized spacial score (nSPS) is 22.0. The first-order valence-electron chi connectivity index (χ1n) is 7.78. The van der Waals surface area contributed by atoms with Crippen molar-refractivity contribution >= 4 is 22.4 Å². The van der Waals surface area contributed by atoms with Crippen molar-refractivity contribution in [1.29, 1.82) is 0 Å². The standard InChI is InChI=1S/C17H21N3O2S/c1-12-9-20(10-13(2)22-12)11-14-3-5-15(6-4-14)16(21)19-17-18-7-8-23-17/h3-8,12-13H,9-11H2,1-2H3,(H,18,19,21). The van der Waals surface area contributed by atoms with E-state index in [1.54, 1.807) is 6.20 Å². The summed E-state index contributed by atoms with van der Waals surface area (Å²) < 4.78 is 5.76. The molecule has 0 saturated carbocycles. The molecule has 3 rings (SSSR count). The molecule has 0 spiro atoms. The van der Waals surface area contributed by atoms with Gasteiger partial charge in [-0.2, -0.15) is 0 Å². The van der Waals surface area contributed by atoms with Gasteiger partial charge in [0.15, 0.2) is 5.13 Å². The Hall–Kier alpha value is -1.76. The van der Waals surface area contributed by atoms with Crippen molar-refractivity contribution in [2.75, 3.05) is 18.4 Å². The Morgan fingerprint density at radius 1 is 1.30 bits per heavy atom. The zero-order valence-electron chi connectivity index (χ0n) is 13.4. The highest BCUT2D eigenvalue weighted by Crippen LogP contribution is 2.16. The van der Waals surface area contributed by atoms with E-state index >= 15 is 0 Å². The maximum atomic E-state index is 12.1. The number of nitrogens with zero attached hydrogens (tertiary/aromatic N) is 2. The number of rotatable bonds is 4. The number of morpholine rings is 1. The van der Waals surface area contributed by atoms with E-state index < -0.39 is 0 Å². The number of benzene rings is 1. The van der Waals surface area contributed by atoms with Crippen LogP contribution in [0, 0.1) is 0 Å². The van der Waals surface area contributed by atoms with Crippen molar-refractivity contribution in [2.45, 2.75) is 32.6 Å². The fraction of sp³-hybridized carbons (Fsp3) is 0.412. The zero-order valence-corrected chi connectivity index (χ0v) is 14.2. The molecular weight excluding hydrogens is 310 g/mol. The van der Waals surface area contributed by atoms with Gasteiger partial charge in [0.05, 0.1) is 12.2 Å². The average Bonchev–Trinajstić information content (AvgIpc) is 3.00. The van der Waals surface area contributed by atoms with Crippen molar-refractivity contribution in [1.82, 2.24) is 9.88 Å². The predicted molar refractivity (Wildman–Crippen MR) is 91.8 cm³/mol. The third-order valence-electron chi connectivity index (χ3n) is 3.77. The van der Waals surface area contributed by atoms with Crippen LogP contribution in [0.4, 0.5) is 5.13 Å². The van der Waals surface area contributed by atoms with Crippen molar-refractivity contribution in [2.24, 2.45) is 0 Å². The first-order valence-corrected chi connectivity index (χ1v) is 8.65. The van der Waals surface area contributed by atoms with Crippen molar-refractivity contribution < 1.29 is 9.53 Å². The second kappa shape index (κ2) is 7.21. The van der Waals surface area contributed by atoms with Crippen LogP contribution >= 0.6 is 11.3 Å². The van der Waals surface area contributed by atoms with Gasteiger partial charge in [0.25, 0.3) is 5.91 Å². The van der Waals surface area contributed by atoms with Gasteiger partial charge in [-0.3, -0.25) is 15.0 Å². The van der Waals surface area contributed by atoms with E-state index in [1.807, 2.05) is 29.6 Å². The van der Waals surface area contributed by atoms with Crippen LogP contribution in [-0.2, 0) is 11.3 Å². The summed E-state index contributed by atoms with van der Waals surface area (Å²) >= 11 is 1.41. The third kappa shape index (κ3) is 4.37. The molecule has 1 aromatic carbocycles. The van der Waals surface area contributed by atoms with Crippen LogP contribution in [0.5, 0.6) is 0 Å². The fourth-order valence-electron chi connectivity index (χ4n) is 2.89. The molecule has 2 atom stereocenters. The number of carbonyl (C=O) groups is 1. The maximum Gasteiger partial charge on any atom is 0.257 e. The lowest BCUT2D eigenvalue weighted by molar-refractivity contribution is -0.0704. The van der Waals surface area contributed by atoms with Gasteiger partial charge < -0.3 is 4.74 Å². The molecule has 0 radical (unpaired) electrons. The van der Waals surface area contributed by atoms with Gasteiger partial charge >= 0.3 is 0 Å². The molecule has 2 aromatic rings. The molecule has 1 saturated heterocycles. The molecule has 0 bridgehead atoms. The summed E-state index contributed by atoms with van der Waals surface area (Å²) in [5, 5.41) is 5.25. The van der Waals surface area contributed by atoms with Crippen molar-refractivity contribution in [3.05, 3.63) is 47.0 Å². The lowest BCUT2D eigenvalue weighted by atomic mass is 10.1. The van der Waals surface area contributed by atoms with Gasteiger partial charge in [-0.05, 0) is 31.5 Å². The minimum atomic E-state index is -0.125. The smallest absolute Gasteiger partial charge is 0.257 e. The molecule has 1 aromatic heterocycles. The van der Waals surface area contributed by atoms with E-state index in [9.17, 15) is 4.79 Å². The molecule has 1 N–H and O–H groups in total. The maximum absolute atomic E-state index is 12.1. The SMILES string of the molecule is CC1CN(Cc2ccc(C(=O)Nc3nccs3)cc2)CC(C)O1. The quantitative estimate of drug-likeness (QED) is 0.936. The van der Waals surface area contributed by atoms with Crippen LogP contribution in [0.1, 0.15) is 29.8 Å². The minimum Gasteiger partial charge on any atom is -0.373 e. The molecule has 5 nitrogen and oxygen atoms in total. The monoisotopic (exact) mass is 331 g/mol. The number of hydrogen-bond acceptors (Lipinski definition) is 5. The van der Waals surface area contributed by atoms with Crippen LogP contribution in [-0.4, -0.2) is 41.1 Å². The lowest BCUT2D eigenvalue weighted by Crippen LogP contribution is -2.44. The Bertz CT molecular complexity index is 632. The Morgan fingerprint density at radius 2 is 2.00 bits per heavy atom. The Balaban J connectivity index is 1.59. The minimum absolute atomic E-state index is 0.125. The van der Waals surface area contributed by atoms with E-state index in [0.717, 1.165) is 19.6 Å². The largest absolute Gasteiger partial charge is 0.373 e. The highest BCUT2D eigenvalue weighted by Gasteiger charge is 2.22. The van der Waals surface area contributed by atoms with E-state index in [0.29, 0.717) is 10.7 Å². The Morgan fingerprint density at radius 3 is 2.61 bits per heavy atom. The second-order valence-electron chi connectivity index (χ2n) is 5.94. The number of amides is 1. The van der Waals surface area contributed by atoms with Crippen molar-refractivity contribution in [3.63, 3.8) is 0 Å². The van der Waals surface area contributed by atoms with Gasteiger partial charge in [-0.15, -0.1) is 11.3 Å². The summed E-state index contributed by atoms with van der Waals surface area (Å²) in [5.74, 6) is -0.125. The molecule has 122 valence electrons. The number of ether oxygens (including phenoxy) is 1. The number of carbonyl (C=O) groups excluding carboxylic acids is 1. The Labute approximate surface area is 140 Å². The summed E-state index contributed by atoms with van der Waals surface area (Å²) in [6.07, 6.45) is 2.21. The first-order chi connectivity index (χ1) is 11.1. The average molecular weight is 331 g/mol. The number of thiazole rings is 1. The number of hydrogen-bond donors (Lipinski definition) is 1. The molecule has 2 unspecified atom stereocenters. The molecule has 1 fully saturated rings. The van der Waals surface area contributed by atoms with Gasteiger partial charge in [0.1, 0.15) is 0 Å². The highest BCUT2D eigenvalue weighted by atomic mass is 32.1. The summed E-state index contributed by atoms with van der Waals surface area (Å²) in [6.45, 7) is 6.98. The summed E-state index contributed by atoms with van der Waals surface area (Å²) in [6, 6.07) is 7.76. The molecule has 1 amide bonds. The molecular formula is C17H21N3O2S. The molecule has 1 aliphatic heterocycles. The topological polar surface area (TPSA) is 54.5 Å². The molecule has 6 heteroatoms. The third-order valence-corrected chi connectivity index (χ3v) is 4.46. The van der Waals surface area contributed by atoms with Crippen LogP contribution in [0.2, 0.25) is 0 Å². The fourth-order valence-corrected chi connectivity index (χ4v) is 3.41. The van der Waals surface area contributed by atoms with Crippen LogP contribution in [0.3, 0.4) is 0 Å². The summed E-state index contributed by atoms with van der Waals surface area (Å²) in [5.41, 5.74) is 1.85. The Kier molecular flexibility index (Phi) is 5.05. The number of nitrogens with one attached hydrogen (secondary N) is 1. The van der Waals surface area contributed by atoms with Crippen LogP contribution in [0.25, 0.3) is 0 Å². The van der Waals surface area contributed by atoms with Crippen molar-refractivity contribution in [3.8, 4) is 0 Å². The van der Waals surface area contributed by atoms with Gasteiger partial charge in [0, 0.05) is 36.8 Å². The van der Waals surface area contributed by atoms with E-state index in [2.05, 4.69) is 29.0 Å². The van der Waals surface area contributed by atoms with E-state index in [4.69, 9.17) is 4.74 Å². The molecule has 23 heavy (non-hydrogen) atoms. The van der Waals surface area contributed by atoms with Gasteiger partial charge in [-0.25, -0.2) is 4.98 Å². The second-order valence-corrected chi connectivity index (χ2v) is 6.83. The predicted octanol–water partition coefficient (Wildman–Crippen LogP) is 3.00. The van der Waals surface area contributed by atoms with E-state index in [1.165, 1.54) is 16.9 Å². The summed E-state index contributed by atoms with van der Waals surface area (Å²) in [4.78, 5) is 18.6. The van der Waals surface area contributed by atoms with Gasteiger partial charge in [0.2, 0.25) is 0 Å². The van der Waals surface area contributed by atoms with Crippen LogP contribution < -0.4 is 5.32 Å². The summed E-state index contributed by atoms with van der Waals surface area (Å²) in [7, 11) is 0. The van der Waals surface area contributed by atoms with E-state index in [-0.39, 0.29) is 18.1 Å². The number of aromatic nitrogens is 1. The lowest BCUT2D eigenvalue weighted by Gasteiger charge is -2.35. The molecule has 1 aliphatic rings. The van der Waals surface area contributed by atoms with Crippen LogP contribution in [0.15, 0.2) is 35.8 Å². The first kappa shape index (κ1) is 16.1. The highest BCUT2D eigenvalue weighted by molar-refractivity contribution is 7.13. The molecule has 0 aliphatic carbocycles.